The second kappa shape index (κ2) is 7.88. The first-order valence-electron chi connectivity index (χ1n) is 8.53. The molecule has 0 N–H and O–H groups in total. The molecule has 1 fully saturated rings. The van der Waals surface area contributed by atoms with Crippen LogP contribution < -0.4 is 0 Å². The summed E-state index contributed by atoms with van der Waals surface area (Å²) in [6.07, 6.45) is 3.59. The number of carbonyl (C=O) groups excluding carboxylic acids is 1. The molecule has 0 bridgehead atoms. The Bertz CT molecular complexity index is 690. The van der Waals surface area contributed by atoms with Gasteiger partial charge in [0.1, 0.15) is 0 Å². The van der Waals surface area contributed by atoms with Crippen molar-refractivity contribution in [3.05, 3.63) is 35.7 Å². The number of hydrogen-bond donors (Lipinski definition) is 0. The van der Waals surface area contributed by atoms with Crippen LogP contribution in [0, 0.1) is 5.92 Å². The maximum Gasteiger partial charge on any atom is 0.169 e. The van der Waals surface area contributed by atoms with Gasteiger partial charge in [0.2, 0.25) is 0 Å². The number of fused-ring (bicyclic) bond motifs is 1. The molecule has 6 heteroatoms. The van der Waals surface area contributed by atoms with Crippen molar-refractivity contribution in [2.24, 2.45) is 5.92 Å². The molecule has 0 spiro atoms. The summed E-state index contributed by atoms with van der Waals surface area (Å²) < 4.78 is 12.9. The molecule has 1 aliphatic heterocycles. The predicted octanol–water partition coefficient (Wildman–Crippen LogP) is 2.02. The second-order valence-corrected chi connectivity index (χ2v) is 6.45. The van der Waals surface area contributed by atoms with Crippen molar-refractivity contribution in [3.63, 3.8) is 0 Å². The fourth-order valence-electron chi connectivity index (χ4n) is 2.82. The third-order valence-electron chi connectivity index (χ3n) is 4.29. The molecule has 0 unspecified atom stereocenters. The molecule has 1 aliphatic rings. The molecule has 0 saturated carbocycles. The Labute approximate surface area is 142 Å². The molecule has 130 valence electrons. The van der Waals surface area contributed by atoms with Crippen molar-refractivity contribution in [1.29, 1.82) is 0 Å². The van der Waals surface area contributed by atoms with E-state index in [0.29, 0.717) is 18.8 Å². The van der Waals surface area contributed by atoms with Crippen molar-refractivity contribution in [1.82, 2.24) is 14.5 Å². The van der Waals surface area contributed by atoms with Gasteiger partial charge in [-0.2, -0.15) is 5.10 Å². The number of aromatic nitrogens is 2. The van der Waals surface area contributed by atoms with E-state index in [-0.39, 0.29) is 11.7 Å². The molecule has 2 aromatic heterocycles. The van der Waals surface area contributed by atoms with Gasteiger partial charge < -0.3 is 9.47 Å². The van der Waals surface area contributed by atoms with Crippen molar-refractivity contribution >= 4 is 11.3 Å². The maximum absolute atomic E-state index is 12.2. The molecule has 24 heavy (non-hydrogen) atoms. The minimum atomic E-state index is -0.0267. The Balaban J connectivity index is 1.55. The molecule has 0 atom stereocenters. The number of rotatable bonds is 7. The summed E-state index contributed by atoms with van der Waals surface area (Å²) in [5, 5.41) is 4.30. The average Bonchev–Trinajstić information content (AvgIpc) is 3.02. The van der Waals surface area contributed by atoms with Crippen molar-refractivity contribution in [2.75, 3.05) is 39.5 Å². The van der Waals surface area contributed by atoms with Gasteiger partial charge in [-0.3, -0.25) is 9.69 Å². The largest absolute Gasteiger partial charge is 0.379 e. The molecular formula is C18H25N3O3. The van der Waals surface area contributed by atoms with Gasteiger partial charge in [-0.05, 0) is 11.6 Å². The Hall–Kier alpha value is -1.76. The zero-order valence-corrected chi connectivity index (χ0v) is 14.4. The Morgan fingerprint density at radius 1 is 1.33 bits per heavy atom. The lowest BCUT2D eigenvalue weighted by atomic mass is 10.0. The average molecular weight is 331 g/mol. The van der Waals surface area contributed by atoms with Gasteiger partial charge in [0, 0.05) is 31.7 Å². The number of morpholine rings is 1. The van der Waals surface area contributed by atoms with Gasteiger partial charge >= 0.3 is 0 Å². The molecule has 0 aliphatic carbocycles. The molecular weight excluding hydrogens is 306 g/mol. The lowest BCUT2D eigenvalue weighted by molar-refractivity contribution is 0.0180. The van der Waals surface area contributed by atoms with Crippen LogP contribution >= 0.6 is 0 Å². The Morgan fingerprint density at radius 3 is 2.88 bits per heavy atom. The monoisotopic (exact) mass is 331 g/mol. The molecule has 0 amide bonds. The van der Waals surface area contributed by atoms with Gasteiger partial charge in [0.05, 0.1) is 43.7 Å². The van der Waals surface area contributed by atoms with Crippen LogP contribution in [0.5, 0.6) is 0 Å². The summed E-state index contributed by atoms with van der Waals surface area (Å²) in [7, 11) is 0. The fraction of sp³-hybridized carbons (Fsp3) is 0.556. The van der Waals surface area contributed by atoms with E-state index in [0.717, 1.165) is 43.9 Å². The first kappa shape index (κ1) is 17.1. The minimum absolute atomic E-state index is 0.0267. The minimum Gasteiger partial charge on any atom is -0.379 e. The summed E-state index contributed by atoms with van der Waals surface area (Å²) in [5.41, 5.74) is 2.59. The molecule has 0 radical (unpaired) electrons. The SMILES string of the molecule is CC(C)C(=O)c1cnn2cc(COCCN3CCOCC3)ccc12. The standard InChI is InChI=1S/C18H25N3O3/c1-14(2)18(22)16-11-19-21-12-15(3-4-17(16)21)13-24-10-7-20-5-8-23-9-6-20/h3-4,11-12,14H,5-10,13H2,1-2H3. The quantitative estimate of drug-likeness (QED) is 0.574. The number of ketones is 1. The van der Waals surface area contributed by atoms with Crippen LogP contribution in [0.4, 0.5) is 0 Å². The van der Waals surface area contributed by atoms with Crippen molar-refractivity contribution < 1.29 is 14.3 Å². The Kier molecular flexibility index (Phi) is 5.60. The van der Waals surface area contributed by atoms with Crippen molar-refractivity contribution in [2.45, 2.75) is 20.5 Å². The van der Waals surface area contributed by atoms with E-state index < -0.39 is 0 Å². The number of hydrogen-bond acceptors (Lipinski definition) is 5. The van der Waals surface area contributed by atoms with Crippen LogP contribution in [0.25, 0.3) is 5.52 Å². The smallest absolute Gasteiger partial charge is 0.169 e. The van der Waals surface area contributed by atoms with Crippen LogP contribution in [0.2, 0.25) is 0 Å². The van der Waals surface area contributed by atoms with E-state index in [1.165, 1.54) is 0 Å². The number of carbonyl (C=O) groups is 1. The number of nitrogens with zero attached hydrogens (tertiary/aromatic N) is 3. The lowest BCUT2D eigenvalue weighted by Crippen LogP contribution is -2.38. The van der Waals surface area contributed by atoms with E-state index >= 15 is 0 Å². The topological polar surface area (TPSA) is 56.1 Å². The zero-order chi connectivity index (χ0) is 16.9. The van der Waals surface area contributed by atoms with Gasteiger partial charge in [-0.1, -0.05) is 19.9 Å². The highest BCUT2D eigenvalue weighted by Crippen LogP contribution is 2.16. The number of Topliss-reactive ketones (excluding diaryl/α,β-unsaturated/α-hetero) is 1. The van der Waals surface area contributed by atoms with Crippen LogP contribution in [-0.2, 0) is 16.1 Å². The molecule has 1 saturated heterocycles. The molecule has 2 aromatic rings. The summed E-state index contributed by atoms with van der Waals surface area (Å²) in [6, 6.07) is 3.95. The molecule has 3 rings (SSSR count). The maximum atomic E-state index is 12.2. The lowest BCUT2D eigenvalue weighted by Gasteiger charge is -2.26. The van der Waals surface area contributed by atoms with Gasteiger partial charge in [-0.25, -0.2) is 4.52 Å². The van der Waals surface area contributed by atoms with E-state index in [1.807, 2.05) is 32.2 Å². The van der Waals surface area contributed by atoms with Gasteiger partial charge in [0.25, 0.3) is 0 Å². The molecule has 6 nitrogen and oxygen atoms in total. The molecule has 0 aromatic carbocycles. The summed E-state index contributed by atoms with van der Waals surface area (Å²) in [5.74, 6) is 0.0979. The van der Waals surface area contributed by atoms with E-state index in [4.69, 9.17) is 9.47 Å². The van der Waals surface area contributed by atoms with Crippen molar-refractivity contribution in [3.8, 4) is 0 Å². The highest BCUT2D eigenvalue weighted by atomic mass is 16.5. The fourth-order valence-corrected chi connectivity index (χ4v) is 2.82. The number of pyridine rings is 1. The van der Waals surface area contributed by atoms with E-state index in [9.17, 15) is 4.79 Å². The van der Waals surface area contributed by atoms with Crippen LogP contribution in [0.15, 0.2) is 24.5 Å². The summed E-state index contributed by atoms with van der Waals surface area (Å²) >= 11 is 0. The van der Waals surface area contributed by atoms with Gasteiger partial charge in [-0.15, -0.1) is 0 Å². The highest BCUT2D eigenvalue weighted by Gasteiger charge is 2.16. The predicted molar refractivity (Wildman–Crippen MR) is 91.3 cm³/mol. The van der Waals surface area contributed by atoms with Crippen LogP contribution in [0.1, 0.15) is 29.8 Å². The summed E-state index contributed by atoms with van der Waals surface area (Å²) in [4.78, 5) is 14.5. The van der Waals surface area contributed by atoms with E-state index in [2.05, 4.69) is 10.00 Å². The summed E-state index contributed by atoms with van der Waals surface area (Å²) in [6.45, 7) is 9.58. The number of ether oxygens (including phenoxy) is 2. The third-order valence-corrected chi connectivity index (χ3v) is 4.29. The first-order valence-corrected chi connectivity index (χ1v) is 8.53. The normalized spacial score (nSPS) is 16.1. The third kappa shape index (κ3) is 4.01. The first-order chi connectivity index (χ1) is 11.6. The van der Waals surface area contributed by atoms with Gasteiger partial charge in [0.15, 0.2) is 5.78 Å². The molecule has 3 heterocycles. The zero-order valence-electron chi connectivity index (χ0n) is 14.4. The van der Waals surface area contributed by atoms with Crippen LogP contribution in [0.3, 0.4) is 0 Å². The second-order valence-electron chi connectivity index (χ2n) is 6.45. The van der Waals surface area contributed by atoms with E-state index in [1.54, 1.807) is 10.7 Å². The highest BCUT2D eigenvalue weighted by molar-refractivity contribution is 6.03. The Morgan fingerprint density at radius 2 is 2.12 bits per heavy atom. The van der Waals surface area contributed by atoms with Crippen LogP contribution in [-0.4, -0.2) is 59.8 Å².